The van der Waals surface area contributed by atoms with Crippen LogP contribution in [-0.2, 0) is 0 Å². The maximum atomic E-state index is 10.8. The number of hydrogen-bond donors (Lipinski definition) is 1. The SMILES string of the molecule is Cc1c(C(=O)O)oc2c(Br)cccc12. The number of benzene rings is 1. The summed E-state index contributed by atoms with van der Waals surface area (Å²) in [6, 6.07) is 5.50. The van der Waals surface area contributed by atoms with Gasteiger partial charge in [0.05, 0.1) is 4.47 Å². The standard InChI is InChI=1S/C10H7BrO3/c1-5-6-3-2-4-7(11)9(6)14-8(5)10(12)13/h2-4H,1H3,(H,12,13). The van der Waals surface area contributed by atoms with Crippen molar-refractivity contribution in [3.05, 3.63) is 34.0 Å². The van der Waals surface area contributed by atoms with Gasteiger partial charge in [-0.15, -0.1) is 0 Å². The molecule has 0 atom stereocenters. The van der Waals surface area contributed by atoms with Gasteiger partial charge in [0.25, 0.3) is 0 Å². The Morgan fingerprint density at radius 3 is 2.79 bits per heavy atom. The number of rotatable bonds is 1. The Kier molecular flexibility index (Phi) is 2.07. The van der Waals surface area contributed by atoms with Crippen LogP contribution in [0.1, 0.15) is 16.1 Å². The Hall–Kier alpha value is -1.29. The Bertz CT molecular complexity index is 513. The molecule has 4 heteroatoms. The number of halogens is 1. The zero-order valence-electron chi connectivity index (χ0n) is 7.37. The maximum absolute atomic E-state index is 10.8. The van der Waals surface area contributed by atoms with E-state index in [1.54, 1.807) is 6.92 Å². The first-order valence-corrected chi connectivity index (χ1v) is 4.81. The molecule has 1 N–H and O–H groups in total. The molecule has 1 aromatic carbocycles. The second-order valence-corrected chi connectivity index (χ2v) is 3.83. The molecule has 14 heavy (non-hydrogen) atoms. The summed E-state index contributed by atoms with van der Waals surface area (Å²) in [4.78, 5) is 10.8. The Morgan fingerprint density at radius 2 is 2.21 bits per heavy atom. The highest BCUT2D eigenvalue weighted by atomic mass is 79.9. The topological polar surface area (TPSA) is 50.4 Å². The predicted octanol–water partition coefficient (Wildman–Crippen LogP) is 3.20. The highest BCUT2D eigenvalue weighted by Gasteiger charge is 2.17. The average molecular weight is 255 g/mol. The first-order valence-electron chi connectivity index (χ1n) is 4.02. The lowest BCUT2D eigenvalue weighted by atomic mass is 10.1. The highest BCUT2D eigenvalue weighted by molar-refractivity contribution is 9.10. The molecule has 2 rings (SSSR count). The molecular weight excluding hydrogens is 248 g/mol. The van der Waals surface area contributed by atoms with Crippen molar-refractivity contribution in [2.24, 2.45) is 0 Å². The summed E-state index contributed by atoms with van der Waals surface area (Å²) >= 11 is 3.31. The smallest absolute Gasteiger partial charge is 0.372 e. The lowest BCUT2D eigenvalue weighted by Gasteiger charge is -1.90. The molecule has 0 unspecified atom stereocenters. The van der Waals surface area contributed by atoms with Crippen molar-refractivity contribution in [3.8, 4) is 0 Å². The molecule has 3 nitrogen and oxygen atoms in total. The van der Waals surface area contributed by atoms with Gasteiger partial charge in [0.2, 0.25) is 5.76 Å². The maximum Gasteiger partial charge on any atom is 0.372 e. The van der Waals surface area contributed by atoms with Gasteiger partial charge in [-0.1, -0.05) is 12.1 Å². The molecule has 0 saturated heterocycles. The van der Waals surface area contributed by atoms with Gasteiger partial charge >= 0.3 is 5.97 Å². The van der Waals surface area contributed by atoms with Gasteiger partial charge in [0.1, 0.15) is 5.58 Å². The van der Waals surface area contributed by atoms with E-state index >= 15 is 0 Å². The lowest BCUT2D eigenvalue weighted by Crippen LogP contribution is -1.94. The molecule has 0 radical (unpaired) electrons. The molecule has 1 heterocycles. The summed E-state index contributed by atoms with van der Waals surface area (Å²) in [6.07, 6.45) is 0. The molecule has 0 aliphatic rings. The van der Waals surface area contributed by atoms with Gasteiger partial charge in [0.15, 0.2) is 0 Å². The van der Waals surface area contributed by atoms with E-state index in [9.17, 15) is 4.79 Å². The van der Waals surface area contributed by atoms with Crippen molar-refractivity contribution >= 4 is 32.9 Å². The lowest BCUT2D eigenvalue weighted by molar-refractivity contribution is 0.0664. The van der Waals surface area contributed by atoms with Crippen molar-refractivity contribution in [1.82, 2.24) is 0 Å². The third kappa shape index (κ3) is 1.23. The molecule has 0 aliphatic heterocycles. The molecule has 0 fully saturated rings. The van der Waals surface area contributed by atoms with E-state index in [-0.39, 0.29) is 5.76 Å². The summed E-state index contributed by atoms with van der Waals surface area (Å²) < 4.78 is 6.01. The third-order valence-corrected chi connectivity index (χ3v) is 2.73. The number of hydrogen-bond acceptors (Lipinski definition) is 2. The van der Waals surface area contributed by atoms with Crippen LogP contribution in [-0.4, -0.2) is 11.1 Å². The van der Waals surface area contributed by atoms with Crippen LogP contribution < -0.4 is 0 Å². The number of aromatic carboxylic acids is 1. The largest absolute Gasteiger partial charge is 0.475 e. The molecule has 0 amide bonds. The summed E-state index contributed by atoms with van der Waals surface area (Å²) in [5, 5.41) is 9.68. The predicted molar refractivity (Wildman–Crippen MR) is 55.6 cm³/mol. The van der Waals surface area contributed by atoms with E-state index in [4.69, 9.17) is 9.52 Å². The fourth-order valence-corrected chi connectivity index (χ4v) is 1.86. The zero-order valence-corrected chi connectivity index (χ0v) is 8.96. The van der Waals surface area contributed by atoms with Crippen molar-refractivity contribution in [2.75, 3.05) is 0 Å². The van der Waals surface area contributed by atoms with Crippen LogP contribution in [0.4, 0.5) is 0 Å². The number of para-hydroxylation sites is 1. The van der Waals surface area contributed by atoms with E-state index < -0.39 is 5.97 Å². The molecule has 2 aromatic rings. The first kappa shape index (κ1) is 9.27. The zero-order chi connectivity index (χ0) is 10.3. The average Bonchev–Trinajstić information content (AvgIpc) is 2.46. The normalized spacial score (nSPS) is 10.7. The minimum Gasteiger partial charge on any atom is -0.475 e. The second-order valence-electron chi connectivity index (χ2n) is 2.98. The molecule has 0 saturated carbocycles. The van der Waals surface area contributed by atoms with Crippen LogP contribution in [0.5, 0.6) is 0 Å². The molecule has 72 valence electrons. The van der Waals surface area contributed by atoms with Crippen LogP contribution in [0, 0.1) is 6.92 Å². The Balaban J connectivity index is 2.86. The first-order chi connectivity index (χ1) is 6.61. The summed E-state index contributed by atoms with van der Waals surface area (Å²) in [6.45, 7) is 1.74. The quantitative estimate of drug-likeness (QED) is 0.851. The highest BCUT2D eigenvalue weighted by Crippen LogP contribution is 2.30. The van der Waals surface area contributed by atoms with Crippen LogP contribution in [0.3, 0.4) is 0 Å². The minimum absolute atomic E-state index is 0.00639. The number of carboxylic acids is 1. The molecule has 0 spiro atoms. The van der Waals surface area contributed by atoms with Crippen molar-refractivity contribution in [1.29, 1.82) is 0 Å². The van der Waals surface area contributed by atoms with Crippen LogP contribution in [0.2, 0.25) is 0 Å². The molecular formula is C10H7BrO3. The Morgan fingerprint density at radius 1 is 1.50 bits per heavy atom. The van der Waals surface area contributed by atoms with Crippen LogP contribution in [0.15, 0.2) is 27.1 Å². The van der Waals surface area contributed by atoms with E-state index in [1.165, 1.54) is 0 Å². The van der Waals surface area contributed by atoms with Crippen molar-refractivity contribution in [2.45, 2.75) is 6.92 Å². The third-order valence-electron chi connectivity index (χ3n) is 2.11. The van der Waals surface area contributed by atoms with Gasteiger partial charge < -0.3 is 9.52 Å². The summed E-state index contributed by atoms with van der Waals surface area (Å²) in [5.74, 6) is -1.03. The minimum atomic E-state index is -1.04. The van der Waals surface area contributed by atoms with Crippen LogP contribution >= 0.6 is 15.9 Å². The number of fused-ring (bicyclic) bond motifs is 1. The van der Waals surface area contributed by atoms with Gasteiger partial charge in [-0.05, 0) is 28.9 Å². The monoisotopic (exact) mass is 254 g/mol. The summed E-state index contributed by atoms with van der Waals surface area (Å²) in [7, 11) is 0. The van der Waals surface area contributed by atoms with E-state index in [2.05, 4.69) is 15.9 Å². The van der Waals surface area contributed by atoms with E-state index in [0.717, 1.165) is 9.86 Å². The second kappa shape index (κ2) is 3.13. The fourth-order valence-electron chi connectivity index (χ4n) is 1.41. The molecule has 1 aromatic heterocycles. The van der Waals surface area contributed by atoms with Gasteiger partial charge in [0, 0.05) is 10.9 Å². The van der Waals surface area contributed by atoms with Gasteiger partial charge in [-0.2, -0.15) is 0 Å². The fraction of sp³-hybridized carbons (Fsp3) is 0.100. The van der Waals surface area contributed by atoms with E-state index in [1.807, 2.05) is 18.2 Å². The van der Waals surface area contributed by atoms with Crippen molar-refractivity contribution in [3.63, 3.8) is 0 Å². The Labute approximate surface area is 88.5 Å². The number of carboxylic acid groups (broad SMARTS) is 1. The number of aryl methyl sites for hydroxylation is 1. The molecule has 0 bridgehead atoms. The van der Waals surface area contributed by atoms with Crippen LogP contribution in [0.25, 0.3) is 11.0 Å². The number of furan rings is 1. The number of carbonyl (C=O) groups is 1. The van der Waals surface area contributed by atoms with Gasteiger partial charge in [-0.25, -0.2) is 4.79 Å². The van der Waals surface area contributed by atoms with E-state index in [0.29, 0.717) is 11.1 Å². The van der Waals surface area contributed by atoms with Crippen molar-refractivity contribution < 1.29 is 14.3 Å². The summed E-state index contributed by atoms with van der Waals surface area (Å²) in [5.41, 5.74) is 1.25. The molecule has 0 aliphatic carbocycles. The van der Waals surface area contributed by atoms with Gasteiger partial charge in [-0.3, -0.25) is 0 Å².